The zero-order valence-electron chi connectivity index (χ0n) is 8.50. The van der Waals surface area contributed by atoms with Crippen LogP contribution in [-0.4, -0.2) is 36.3 Å². The van der Waals surface area contributed by atoms with Gasteiger partial charge < -0.3 is 10.2 Å². The number of rotatable bonds is 4. The highest BCUT2D eigenvalue weighted by molar-refractivity contribution is 7.91. The van der Waals surface area contributed by atoms with E-state index >= 15 is 0 Å². The first-order chi connectivity index (χ1) is 8.17. The first-order valence-electron chi connectivity index (χ1n) is 4.30. The fourth-order valence-electron chi connectivity index (χ4n) is 1.16. The largest absolute Gasteiger partial charge is 0.478 e. The van der Waals surface area contributed by atoms with E-state index in [1.165, 1.54) is 0 Å². The number of halogens is 2. The van der Waals surface area contributed by atoms with Crippen molar-refractivity contribution in [2.24, 2.45) is 0 Å². The highest BCUT2D eigenvalue weighted by atomic mass is 32.2. The van der Waals surface area contributed by atoms with E-state index in [1.807, 2.05) is 0 Å². The monoisotopic (exact) mass is 280 g/mol. The van der Waals surface area contributed by atoms with E-state index in [0.29, 0.717) is 12.1 Å². The van der Waals surface area contributed by atoms with Crippen LogP contribution in [0.1, 0.15) is 20.7 Å². The lowest BCUT2D eigenvalue weighted by Crippen LogP contribution is -2.17. The molecule has 0 radical (unpaired) electrons. The SMILES string of the molecule is O=C(O)c1ccc(C(=O)O)c(S(=O)(=O)C(F)F)c1. The highest BCUT2D eigenvalue weighted by Crippen LogP contribution is 2.24. The fraction of sp³-hybridized carbons (Fsp3) is 0.111. The maximum absolute atomic E-state index is 12.3. The number of alkyl halides is 2. The van der Waals surface area contributed by atoms with Crippen molar-refractivity contribution in [1.29, 1.82) is 0 Å². The number of aromatic carboxylic acids is 2. The van der Waals surface area contributed by atoms with Gasteiger partial charge in [-0.05, 0) is 18.2 Å². The molecule has 18 heavy (non-hydrogen) atoms. The summed E-state index contributed by atoms with van der Waals surface area (Å²) in [7, 11) is -5.19. The van der Waals surface area contributed by atoms with Gasteiger partial charge in [-0.25, -0.2) is 18.0 Å². The summed E-state index contributed by atoms with van der Waals surface area (Å²) < 4.78 is 47.1. The first-order valence-corrected chi connectivity index (χ1v) is 5.85. The van der Waals surface area contributed by atoms with Crippen molar-refractivity contribution in [3.05, 3.63) is 29.3 Å². The number of hydrogen-bond acceptors (Lipinski definition) is 4. The molecule has 1 rings (SSSR count). The third-order valence-corrected chi connectivity index (χ3v) is 3.42. The molecule has 0 aliphatic rings. The molecule has 0 aliphatic carbocycles. The molecule has 1 aromatic rings. The average molecular weight is 280 g/mol. The Bertz CT molecular complexity index is 607. The van der Waals surface area contributed by atoms with E-state index in [-0.39, 0.29) is 0 Å². The number of hydrogen-bond donors (Lipinski definition) is 2. The van der Waals surface area contributed by atoms with E-state index in [2.05, 4.69) is 0 Å². The Morgan fingerprint density at radius 1 is 1.11 bits per heavy atom. The molecule has 0 spiro atoms. The molecule has 0 aromatic heterocycles. The Hall–Kier alpha value is -2.03. The maximum Gasteiger partial charge on any atom is 0.341 e. The molecule has 98 valence electrons. The van der Waals surface area contributed by atoms with Crippen LogP contribution in [0.5, 0.6) is 0 Å². The second-order valence-electron chi connectivity index (χ2n) is 3.13. The third-order valence-electron chi connectivity index (χ3n) is 2.00. The minimum Gasteiger partial charge on any atom is -0.478 e. The van der Waals surface area contributed by atoms with Crippen LogP contribution in [0.25, 0.3) is 0 Å². The molecule has 0 saturated heterocycles. The van der Waals surface area contributed by atoms with Crippen LogP contribution in [-0.2, 0) is 9.84 Å². The van der Waals surface area contributed by atoms with Gasteiger partial charge in [-0.15, -0.1) is 0 Å². The van der Waals surface area contributed by atoms with Crippen molar-refractivity contribution in [3.63, 3.8) is 0 Å². The summed E-state index contributed by atoms with van der Waals surface area (Å²) >= 11 is 0. The maximum atomic E-state index is 12.3. The molecule has 0 amide bonds. The van der Waals surface area contributed by atoms with Crippen molar-refractivity contribution in [2.75, 3.05) is 0 Å². The molecular formula is C9H6F2O6S. The van der Waals surface area contributed by atoms with E-state index in [4.69, 9.17) is 10.2 Å². The Morgan fingerprint density at radius 3 is 2.06 bits per heavy atom. The second kappa shape index (κ2) is 4.69. The van der Waals surface area contributed by atoms with Gasteiger partial charge in [-0.1, -0.05) is 0 Å². The fourth-order valence-corrected chi connectivity index (χ4v) is 2.11. The van der Waals surface area contributed by atoms with Gasteiger partial charge in [0, 0.05) is 0 Å². The molecule has 2 N–H and O–H groups in total. The van der Waals surface area contributed by atoms with Crippen LogP contribution in [0.15, 0.2) is 23.1 Å². The summed E-state index contributed by atoms with van der Waals surface area (Å²) in [5, 5.41) is 17.3. The average Bonchev–Trinajstić information content (AvgIpc) is 2.27. The van der Waals surface area contributed by atoms with Crippen molar-refractivity contribution in [3.8, 4) is 0 Å². The molecule has 0 bridgehead atoms. The quantitative estimate of drug-likeness (QED) is 0.854. The summed E-state index contributed by atoms with van der Waals surface area (Å²) in [5.41, 5.74) is -1.50. The lowest BCUT2D eigenvalue weighted by atomic mass is 10.1. The second-order valence-corrected chi connectivity index (χ2v) is 5.01. The topological polar surface area (TPSA) is 109 Å². The number of benzene rings is 1. The van der Waals surface area contributed by atoms with Gasteiger partial charge in [0.2, 0.25) is 9.84 Å². The molecule has 6 nitrogen and oxygen atoms in total. The van der Waals surface area contributed by atoms with E-state index in [0.717, 1.165) is 6.07 Å². The Morgan fingerprint density at radius 2 is 1.67 bits per heavy atom. The standard InChI is InChI=1S/C9H6F2O6S/c10-9(11)18(16,17)6-3-4(7(12)13)1-2-5(6)8(14)15/h1-3,9H,(H,12,13)(H,14,15). The molecule has 0 saturated carbocycles. The van der Waals surface area contributed by atoms with Crippen molar-refractivity contribution < 1.29 is 37.0 Å². The van der Waals surface area contributed by atoms with Gasteiger partial charge in [0.25, 0.3) is 0 Å². The van der Waals surface area contributed by atoms with Gasteiger partial charge in [0.05, 0.1) is 16.0 Å². The number of carbonyl (C=O) groups is 2. The Labute approximate surface area is 99.4 Å². The molecule has 0 fully saturated rings. The molecule has 0 unspecified atom stereocenters. The van der Waals surface area contributed by atoms with Gasteiger partial charge in [-0.3, -0.25) is 0 Å². The normalized spacial score (nSPS) is 11.5. The van der Waals surface area contributed by atoms with Crippen molar-refractivity contribution in [2.45, 2.75) is 10.7 Å². The van der Waals surface area contributed by atoms with Gasteiger partial charge in [-0.2, -0.15) is 8.78 Å². The number of sulfone groups is 1. The van der Waals surface area contributed by atoms with Crippen LogP contribution in [0.2, 0.25) is 0 Å². The molecule has 0 atom stereocenters. The van der Waals surface area contributed by atoms with E-state index in [9.17, 15) is 26.8 Å². The Kier molecular flexibility index (Phi) is 3.65. The number of carboxylic acid groups (broad SMARTS) is 2. The van der Waals surface area contributed by atoms with Crippen molar-refractivity contribution >= 4 is 21.8 Å². The summed E-state index contributed by atoms with van der Waals surface area (Å²) in [6.45, 7) is 0. The molecule has 9 heteroatoms. The molecular weight excluding hydrogens is 274 g/mol. The van der Waals surface area contributed by atoms with Crippen LogP contribution in [0.4, 0.5) is 8.78 Å². The van der Waals surface area contributed by atoms with E-state index in [1.54, 1.807) is 0 Å². The summed E-state index contributed by atoms with van der Waals surface area (Å²) in [6, 6.07) is 1.87. The van der Waals surface area contributed by atoms with Gasteiger partial charge >= 0.3 is 17.7 Å². The lowest BCUT2D eigenvalue weighted by Gasteiger charge is -2.07. The zero-order valence-corrected chi connectivity index (χ0v) is 9.32. The third kappa shape index (κ3) is 2.45. The smallest absolute Gasteiger partial charge is 0.341 e. The summed E-state index contributed by atoms with van der Waals surface area (Å²) in [4.78, 5) is 20.1. The first kappa shape index (κ1) is 14.0. The molecule has 0 heterocycles. The molecule has 0 aliphatic heterocycles. The van der Waals surface area contributed by atoms with Gasteiger partial charge in [0.15, 0.2) is 0 Å². The van der Waals surface area contributed by atoms with Crippen LogP contribution in [0, 0.1) is 0 Å². The lowest BCUT2D eigenvalue weighted by molar-refractivity contribution is 0.0677. The summed E-state index contributed by atoms with van der Waals surface area (Å²) in [6.07, 6.45) is 0. The number of carboxylic acids is 2. The predicted octanol–water partition coefficient (Wildman–Crippen LogP) is 1.08. The zero-order chi connectivity index (χ0) is 14.1. The molecule has 1 aromatic carbocycles. The van der Waals surface area contributed by atoms with Crippen molar-refractivity contribution in [1.82, 2.24) is 0 Å². The highest BCUT2D eigenvalue weighted by Gasteiger charge is 2.31. The minimum absolute atomic E-state index is 0.396. The van der Waals surface area contributed by atoms with Gasteiger partial charge in [0.1, 0.15) is 0 Å². The minimum atomic E-state index is -5.19. The van der Waals surface area contributed by atoms with Crippen LogP contribution in [0.3, 0.4) is 0 Å². The summed E-state index contributed by atoms with van der Waals surface area (Å²) in [5.74, 6) is -7.14. The predicted molar refractivity (Wildman–Crippen MR) is 53.6 cm³/mol. The van der Waals surface area contributed by atoms with Crippen LogP contribution < -0.4 is 0 Å². The van der Waals surface area contributed by atoms with Crippen LogP contribution >= 0.6 is 0 Å². The van der Waals surface area contributed by atoms with E-state index < -0.39 is 43.6 Å². The Balaban J connectivity index is 3.62.